The van der Waals surface area contributed by atoms with E-state index in [1.807, 2.05) is 22.1 Å². The van der Waals surface area contributed by atoms with Crippen molar-refractivity contribution in [2.24, 2.45) is 10.1 Å². The number of morpholine rings is 1. The largest absolute Gasteiger partial charge is 0.378 e. The number of fused-ring (bicyclic) bond motifs is 1. The first-order chi connectivity index (χ1) is 13.0. The molecule has 3 aliphatic rings. The topological polar surface area (TPSA) is 67.5 Å². The molecule has 3 aliphatic heterocycles. The number of methoxy groups -OCH3 is 1. The maximum absolute atomic E-state index is 5.52. The molecule has 0 bridgehead atoms. The van der Waals surface area contributed by atoms with E-state index in [4.69, 9.17) is 14.5 Å². The van der Waals surface area contributed by atoms with Crippen LogP contribution < -0.4 is 0 Å². The molecule has 8 heteroatoms. The van der Waals surface area contributed by atoms with E-state index in [0.29, 0.717) is 6.54 Å². The smallest absolute Gasteiger partial charge is 0.169 e. The van der Waals surface area contributed by atoms with Crippen molar-refractivity contribution in [2.45, 2.75) is 45.0 Å². The number of aromatic nitrogens is 2. The molecule has 27 heavy (non-hydrogen) atoms. The Hall–Kier alpha value is -2.19. The van der Waals surface area contributed by atoms with Crippen LogP contribution in [0.2, 0.25) is 0 Å². The monoisotopic (exact) mass is 372 g/mol. The fourth-order valence-corrected chi connectivity index (χ4v) is 3.76. The van der Waals surface area contributed by atoms with Crippen LogP contribution >= 0.6 is 0 Å². The van der Waals surface area contributed by atoms with Crippen LogP contribution in [-0.4, -0.2) is 76.8 Å². The number of hydrazone groups is 1. The Morgan fingerprint density at radius 2 is 2.07 bits per heavy atom. The van der Waals surface area contributed by atoms with Gasteiger partial charge in [-0.15, -0.1) is 0 Å². The van der Waals surface area contributed by atoms with Gasteiger partial charge in [-0.2, -0.15) is 10.2 Å². The quantitative estimate of drug-likeness (QED) is 0.786. The summed E-state index contributed by atoms with van der Waals surface area (Å²) in [5, 5.41) is 11.2. The molecule has 146 valence electrons. The Bertz CT molecular complexity index is 775. The number of hydrogen-bond donors (Lipinski definition) is 0. The predicted octanol–water partition coefficient (Wildman–Crippen LogP) is 1.67. The standard InChI is InChI=1S/C19H28N6O2/c1-14-17(15-11-21-24(12-15)13-19(2,3)26-4)25-18(22-14)16(5-6-20-25)23-7-9-27-10-8-23/h5-6,11-12,14,17H,7-10,13H2,1-4H3. The zero-order valence-electron chi connectivity index (χ0n) is 16.5. The zero-order chi connectivity index (χ0) is 19.0. The summed E-state index contributed by atoms with van der Waals surface area (Å²) < 4.78 is 13.0. The van der Waals surface area contributed by atoms with Gasteiger partial charge in [0.05, 0.1) is 43.3 Å². The fraction of sp³-hybridized carbons (Fsp3) is 0.632. The lowest BCUT2D eigenvalue weighted by Gasteiger charge is -2.34. The van der Waals surface area contributed by atoms with Crippen LogP contribution in [0.25, 0.3) is 0 Å². The molecule has 1 saturated heterocycles. The van der Waals surface area contributed by atoms with E-state index in [-0.39, 0.29) is 17.7 Å². The maximum Gasteiger partial charge on any atom is 0.169 e. The van der Waals surface area contributed by atoms with Crippen LogP contribution in [0.3, 0.4) is 0 Å². The summed E-state index contributed by atoms with van der Waals surface area (Å²) in [4.78, 5) is 7.27. The molecule has 0 radical (unpaired) electrons. The van der Waals surface area contributed by atoms with E-state index in [9.17, 15) is 0 Å². The normalized spacial score (nSPS) is 25.5. The van der Waals surface area contributed by atoms with Gasteiger partial charge in [-0.1, -0.05) is 0 Å². The summed E-state index contributed by atoms with van der Waals surface area (Å²) in [7, 11) is 1.73. The van der Waals surface area contributed by atoms with Crippen molar-refractivity contribution in [3.05, 3.63) is 29.7 Å². The van der Waals surface area contributed by atoms with Gasteiger partial charge in [0.15, 0.2) is 5.84 Å². The number of amidine groups is 1. The molecule has 4 rings (SSSR count). The zero-order valence-corrected chi connectivity index (χ0v) is 16.5. The Labute approximate surface area is 160 Å². The molecule has 2 atom stereocenters. The van der Waals surface area contributed by atoms with Crippen LogP contribution in [0.1, 0.15) is 32.4 Å². The van der Waals surface area contributed by atoms with Crippen molar-refractivity contribution in [1.82, 2.24) is 19.7 Å². The lowest BCUT2D eigenvalue weighted by molar-refractivity contribution is 0.00538. The maximum atomic E-state index is 5.52. The van der Waals surface area contributed by atoms with Crippen molar-refractivity contribution in [1.29, 1.82) is 0 Å². The molecule has 8 nitrogen and oxygen atoms in total. The first kappa shape index (κ1) is 18.2. The van der Waals surface area contributed by atoms with Gasteiger partial charge in [-0.3, -0.25) is 9.67 Å². The van der Waals surface area contributed by atoms with Gasteiger partial charge in [0.2, 0.25) is 0 Å². The summed E-state index contributed by atoms with van der Waals surface area (Å²) in [5.74, 6) is 0.946. The molecule has 0 saturated carbocycles. The highest BCUT2D eigenvalue weighted by Crippen LogP contribution is 2.36. The van der Waals surface area contributed by atoms with Crippen LogP contribution in [-0.2, 0) is 16.0 Å². The molecular formula is C19H28N6O2. The first-order valence-electron chi connectivity index (χ1n) is 9.50. The summed E-state index contributed by atoms with van der Waals surface area (Å²) in [6.45, 7) is 10.2. The molecule has 0 amide bonds. The molecule has 0 aromatic carbocycles. The molecular weight excluding hydrogens is 344 g/mol. The highest BCUT2D eigenvalue weighted by atomic mass is 16.5. The van der Waals surface area contributed by atoms with Gasteiger partial charge in [-0.05, 0) is 26.8 Å². The van der Waals surface area contributed by atoms with Crippen LogP contribution in [0.5, 0.6) is 0 Å². The number of nitrogens with zero attached hydrogens (tertiary/aromatic N) is 6. The van der Waals surface area contributed by atoms with E-state index < -0.39 is 0 Å². The van der Waals surface area contributed by atoms with Crippen molar-refractivity contribution < 1.29 is 9.47 Å². The van der Waals surface area contributed by atoms with E-state index in [1.54, 1.807) is 7.11 Å². The lowest BCUT2D eigenvalue weighted by Crippen LogP contribution is -2.42. The molecule has 0 N–H and O–H groups in total. The highest BCUT2D eigenvalue weighted by molar-refractivity contribution is 6.04. The van der Waals surface area contributed by atoms with Crippen LogP contribution in [0, 0.1) is 0 Å². The van der Waals surface area contributed by atoms with Gasteiger partial charge >= 0.3 is 0 Å². The Morgan fingerprint density at radius 3 is 2.81 bits per heavy atom. The summed E-state index contributed by atoms with van der Waals surface area (Å²) in [5.41, 5.74) is 1.99. The Kier molecular flexibility index (Phi) is 4.77. The molecule has 2 unspecified atom stereocenters. The van der Waals surface area contributed by atoms with Gasteiger partial charge in [0, 0.05) is 38.2 Å². The number of hydrogen-bond acceptors (Lipinski definition) is 7. The van der Waals surface area contributed by atoms with E-state index in [1.165, 1.54) is 0 Å². The second-order valence-corrected chi connectivity index (χ2v) is 7.83. The fourth-order valence-electron chi connectivity index (χ4n) is 3.76. The van der Waals surface area contributed by atoms with Gasteiger partial charge < -0.3 is 14.4 Å². The third-order valence-corrected chi connectivity index (χ3v) is 5.36. The third-order valence-electron chi connectivity index (χ3n) is 5.36. The van der Waals surface area contributed by atoms with Gasteiger partial charge in [-0.25, -0.2) is 5.01 Å². The minimum atomic E-state index is -0.262. The SMILES string of the molecule is COC(C)(C)Cn1cc(C2C(C)N=C3C(N4CCOCC4)=CC=NN32)cn1. The number of aliphatic imine (C=N–C) groups is 1. The minimum Gasteiger partial charge on any atom is -0.378 e. The lowest BCUT2D eigenvalue weighted by atomic mass is 10.1. The van der Waals surface area contributed by atoms with Crippen molar-refractivity contribution in [2.75, 3.05) is 33.4 Å². The number of rotatable bonds is 5. The second-order valence-electron chi connectivity index (χ2n) is 7.83. The van der Waals surface area contributed by atoms with Gasteiger partial charge in [0.1, 0.15) is 6.04 Å². The Morgan fingerprint density at radius 1 is 1.30 bits per heavy atom. The van der Waals surface area contributed by atoms with Crippen LogP contribution in [0.15, 0.2) is 34.3 Å². The number of ether oxygens (including phenoxy) is 2. The molecule has 0 spiro atoms. The predicted molar refractivity (Wildman–Crippen MR) is 104 cm³/mol. The van der Waals surface area contributed by atoms with E-state index in [0.717, 1.165) is 43.4 Å². The molecule has 1 aromatic rings. The summed E-state index contributed by atoms with van der Waals surface area (Å²) in [6.07, 6.45) is 7.93. The average molecular weight is 372 g/mol. The highest BCUT2D eigenvalue weighted by Gasteiger charge is 2.39. The molecule has 1 aromatic heterocycles. The van der Waals surface area contributed by atoms with E-state index >= 15 is 0 Å². The molecule has 0 aliphatic carbocycles. The van der Waals surface area contributed by atoms with Gasteiger partial charge in [0.25, 0.3) is 0 Å². The van der Waals surface area contributed by atoms with E-state index in [2.05, 4.69) is 48.1 Å². The van der Waals surface area contributed by atoms with Crippen molar-refractivity contribution in [3.63, 3.8) is 0 Å². The number of allylic oxidation sites excluding steroid dienone is 1. The average Bonchev–Trinajstić information content (AvgIpc) is 3.24. The first-order valence-corrected chi connectivity index (χ1v) is 9.50. The third kappa shape index (κ3) is 3.51. The van der Waals surface area contributed by atoms with Crippen molar-refractivity contribution >= 4 is 12.1 Å². The second kappa shape index (κ2) is 7.09. The summed E-state index contributed by atoms with van der Waals surface area (Å²) >= 11 is 0. The molecule has 4 heterocycles. The van der Waals surface area contributed by atoms with Crippen LogP contribution in [0.4, 0.5) is 0 Å². The van der Waals surface area contributed by atoms with Crippen molar-refractivity contribution in [3.8, 4) is 0 Å². The Balaban J connectivity index is 1.54. The minimum absolute atomic E-state index is 0.0559. The molecule has 1 fully saturated rings. The summed E-state index contributed by atoms with van der Waals surface area (Å²) in [6, 6.07) is 0.160.